The van der Waals surface area contributed by atoms with Crippen molar-refractivity contribution in [3.63, 3.8) is 0 Å². The lowest BCUT2D eigenvalue weighted by atomic mass is 9.94. The van der Waals surface area contributed by atoms with Crippen molar-refractivity contribution in [2.45, 2.75) is 38.8 Å². The van der Waals surface area contributed by atoms with Crippen LogP contribution in [0.25, 0.3) is 0 Å². The summed E-state index contributed by atoms with van der Waals surface area (Å²) in [5, 5.41) is 22.9. The van der Waals surface area contributed by atoms with E-state index in [4.69, 9.17) is 28.3 Å². The van der Waals surface area contributed by atoms with E-state index in [9.17, 15) is 5.11 Å². The van der Waals surface area contributed by atoms with Gasteiger partial charge in [-0.25, -0.2) is 0 Å². The van der Waals surface area contributed by atoms with Crippen molar-refractivity contribution in [3.05, 3.63) is 27.7 Å². The van der Waals surface area contributed by atoms with Crippen LogP contribution in [0, 0.1) is 0 Å². The Morgan fingerprint density at radius 2 is 2.00 bits per heavy atom. The molecule has 0 fully saturated rings. The first kappa shape index (κ1) is 15.6. The van der Waals surface area contributed by atoms with Gasteiger partial charge in [0.1, 0.15) is 5.75 Å². The molecule has 1 aromatic carbocycles. The molecule has 1 atom stereocenters. The molecule has 3 nitrogen and oxygen atoms in total. The second-order valence-electron chi connectivity index (χ2n) is 4.64. The molecule has 1 rings (SSSR count). The number of hydrogen-bond donors (Lipinski definition) is 3. The van der Waals surface area contributed by atoms with Crippen molar-refractivity contribution in [2.75, 3.05) is 6.61 Å². The number of rotatable bonds is 6. The number of benzene rings is 1. The minimum absolute atomic E-state index is 0.0519. The fourth-order valence-corrected chi connectivity index (χ4v) is 2.24. The molecule has 0 aliphatic rings. The Bertz CT molecular complexity index is 412. The van der Waals surface area contributed by atoms with Gasteiger partial charge in [-0.05, 0) is 31.9 Å². The Morgan fingerprint density at radius 1 is 1.33 bits per heavy atom. The molecule has 0 radical (unpaired) electrons. The molecule has 102 valence electrons. The number of aliphatic hydroxyl groups excluding tert-OH is 1. The highest BCUT2D eigenvalue weighted by Gasteiger charge is 2.21. The van der Waals surface area contributed by atoms with E-state index in [1.54, 1.807) is 6.07 Å². The smallest absolute Gasteiger partial charge is 0.138 e. The zero-order valence-corrected chi connectivity index (χ0v) is 12.1. The maximum atomic E-state index is 9.84. The topological polar surface area (TPSA) is 52.5 Å². The normalized spacial score (nSPS) is 14.5. The lowest BCUT2D eigenvalue weighted by molar-refractivity contribution is 0.214. The Kier molecular flexibility index (Phi) is 5.73. The van der Waals surface area contributed by atoms with Gasteiger partial charge in [-0.2, -0.15) is 0 Å². The van der Waals surface area contributed by atoms with Crippen LogP contribution < -0.4 is 5.32 Å². The van der Waals surface area contributed by atoms with Crippen molar-refractivity contribution in [1.82, 2.24) is 5.32 Å². The van der Waals surface area contributed by atoms with Crippen LogP contribution in [0.5, 0.6) is 5.75 Å². The standard InChI is InChI=1S/C13H19Cl2NO2/c1-3-13(2,4-5-17)16-8-9-6-10(14)7-11(15)12(9)18/h6-7,16-18H,3-5,8H2,1-2H3. The van der Waals surface area contributed by atoms with Crippen LogP contribution in [0.2, 0.25) is 10.0 Å². The summed E-state index contributed by atoms with van der Waals surface area (Å²) in [6.45, 7) is 4.66. The van der Waals surface area contributed by atoms with Gasteiger partial charge in [0, 0.05) is 29.3 Å². The molecule has 0 heterocycles. The maximum Gasteiger partial charge on any atom is 0.138 e. The molecule has 3 N–H and O–H groups in total. The molecule has 5 heteroatoms. The Balaban J connectivity index is 2.79. The first-order valence-electron chi connectivity index (χ1n) is 5.94. The average molecular weight is 292 g/mol. The molecular weight excluding hydrogens is 273 g/mol. The molecule has 0 amide bonds. The molecule has 0 saturated heterocycles. The predicted octanol–water partition coefficient (Wildman–Crippen LogP) is 3.34. The van der Waals surface area contributed by atoms with Crippen molar-refractivity contribution in [3.8, 4) is 5.75 Å². The molecule has 0 aliphatic carbocycles. The summed E-state index contributed by atoms with van der Waals surface area (Å²) in [6, 6.07) is 3.19. The van der Waals surface area contributed by atoms with Gasteiger partial charge in [0.05, 0.1) is 5.02 Å². The fourth-order valence-electron chi connectivity index (χ4n) is 1.70. The van der Waals surface area contributed by atoms with E-state index >= 15 is 0 Å². The minimum atomic E-state index is -0.171. The van der Waals surface area contributed by atoms with E-state index in [-0.39, 0.29) is 22.9 Å². The van der Waals surface area contributed by atoms with Gasteiger partial charge >= 0.3 is 0 Å². The molecule has 0 saturated carbocycles. The fraction of sp³-hybridized carbons (Fsp3) is 0.538. The molecule has 1 aromatic rings. The van der Waals surface area contributed by atoms with Crippen LogP contribution in [0.3, 0.4) is 0 Å². The van der Waals surface area contributed by atoms with Crippen molar-refractivity contribution in [1.29, 1.82) is 0 Å². The summed E-state index contributed by atoms with van der Waals surface area (Å²) in [6.07, 6.45) is 1.53. The quantitative estimate of drug-likeness (QED) is 0.753. The SMILES string of the molecule is CCC(C)(CCO)NCc1cc(Cl)cc(Cl)c1O. The largest absolute Gasteiger partial charge is 0.506 e. The lowest BCUT2D eigenvalue weighted by Crippen LogP contribution is -2.42. The van der Waals surface area contributed by atoms with Crippen LogP contribution in [0.1, 0.15) is 32.3 Å². The summed E-state index contributed by atoms with van der Waals surface area (Å²) >= 11 is 11.8. The number of halogens is 2. The summed E-state index contributed by atoms with van der Waals surface area (Å²) in [7, 11) is 0. The first-order chi connectivity index (χ1) is 8.41. The Morgan fingerprint density at radius 3 is 2.56 bits per heavy atom. The number of phenols is 1. The number of aromatic hydroxyl groups is 1. The van der Waals surface area contributed by atoms with Gasteiger partial charge in [-0.1, -0.05) is 30.1 Å². The second kappa shape index (κ2) is 6.62. The van der Waals surface area contributed by atoms with Gasteiger partial charge in [0.2, 0.25) is 0 Å². The molecule has 0 aliphatic heterocycles. The average Bonchev–Trinajstić information content (AvgIpc) is 2.32. The maximum absolute atomic E-state index is 9.84. The summed E-state index contributed by atoms with van der Waals surface area (Å²) < 4.78 is 0. The van der Waals surface area contributed by atoms with Crippen LogP contribution in [-0.2, 0) is 6.54 Å². The molecule has 0 aromatic heterocycles. The van der Waals surface area contributed by atoms with Crippen molar-refractivity contribution >= 4 is 23.2 Å². The highest BCUT2D eigenvalue weighted by Crippen LogP contribution is 2.31. The highest BCUT2D eigenvalue weighted by atomic mass is 35.5. The molecular formula is C13H19Cl2NO2. The van der Waals surface area contributed by atoms with E-state index in [2.05, 4.69) is 5.32 Å². The number of phenolic OH excluding ortho intramolecular Hbond substituents is 1. The van der Waals surface area contributed by atoms with Crippen LogP contribution in [0.15, 0.2) is 12.1 Å². The molecule has 18 heavy (non-hydrogen) atoms. The molecule has 0 spiro atoms. The van der Waals surface area contributed by atoms with Crippen molar-refractivity contribution < 1.29 is 10.2 Å². The second-order valence-corrected chi connectivity index (χ2v) is 5.48. The monoisotopic (exact) mass is 291 g/mol. The third-order valence-corrected chi connectivity index (χ3v) is 3.76. The van der Waals surface area contributed by atoms with E-state index in [1.165, 1.54) is 6.07 Å². The van der Waals surface area contributed by atoms with Crippen LogP contribution >= 0.6 is 23.2 Å². The zero-order chi connectivity index (χ0) is 13.8. The number of hydrogen-bond acceptors (Lipinski definition) is 3. The summed E-state index contributed by atoms with van der Waals surface area (Å²) in [4.78, 5) is 0. The Labute approximate surface area is 118 Å². The highest BCUT2D eigenvalue weighted by molar-refractivity contribution is 6.35. The third kappa shape index (κ3) is 4.02. The van der Waals surface area contributed by atoms with Gasteiger partial charge in [-0.3, -0.25) is 0 Å². The predicted molar refractivity (Wildman–Crippen MR) is 75.4 cm³/mol. The first-order valence-corrected chi connectivity index (χ1v) is 6.70. The number of aliphatic hydroxyl groups is 1. The summed E-state index contributed by atoms with van der Waals surface area (Å²) in [5.74, 6) is 0.0519. The Hall–Kier alpha value is -0.480. The minimum Gasteiger partial charge on any atom is -0.506 e. The summed E-state index contributed by atoms with van der Waals surface area (Å²) in [5.41, 5.74) is 0.487. The molecule has 1 unspecified atom stereocenters. The van der Waals surface area contributed by atoms with E-state index < -0.39 is 0 Å². The van der Waals surface area contributed by atoms with Gasteiger partial charge < -0.3 is 15.5 Å². The van der Waals surface area contributed by atoms with Crippen LogP contribution in [-0.4, -0.2) is 22.4 Å². The molecule has 0 bridgehead atoms. The van der Waals surface area contributed by atoms with Gasteiger partial charge in [-0.15, -0.1) is 0 Å². The van der Waals surface area contributed by atoms with E-state index in [1.807, 2.05) is 13.8 Å². The third-order valence-electron chi connectivity index (χ3n) is 3.26. The van der Waals surface area contributed by atoms with Gasteiger partial charge in [0.25, 0.3) is 0 Å². The van der Waals surface area contributed by atoms with Crippen molar-refractivity contribution in [2.24, 2.45) is 0 Å². The van der Waals surface area contributed by atoms with Gasteiger partial charge in [0.15, 0.2) is 0 Å². The zero-order valence-electron chi connectivity index (χ0n) is 10.6. The lowest BCUT2D eigenvalue weighted by Gasteiger charge is -2.29. The number of nitrogens with one attached hydrogen (secondary N) is 1. The van der Waals surface area contributed by atoms with E-state index in [0.29, 0.717) is 23.6 Å². The van der Waals surface area contributed by atoms with E-state index in [0.717, 1.165) is 6.42 Å². The van der Waals surface area contributed by atoms with Crippen LogP contribution in [0.4, 0.5) is 0 Å².